The van der Waals surface area contributed by atoms with Crippen molar-refractivity contribution in [2.75, 3.05) is 13.2 Å². The molecule has 1 atom stereocenters. The molecule has 0 radical (unpaired) electrons. The average Bonchev–Trinajstić information content (AvgIpc) is 3.28. The summed E-state index contributed by atoms with van der Waals surface area (Å²) < 4.78 is 16.6. The Labute approximate surface area is 392 Å². The molecule has 0 bridgehead atoms. The Morgan fingerprint density at radius 1 is 0.302 bits per heavy atom. The first-order valence-electron chi connectivity index (χ1n) is 28.2. The third-order valence-electron chi connectivity index (χ3n) is 12.8. The van der Waals surface area contributed by atoms with Crippen LogP contribution < -0.4 is 0 Å². The number of allylic oxidation sites excluding steroid dienone is 2. The second-order valence-corrected chi connectivity index (χ2v) is 19.2. The van der Waals surface area contributed by atoms with Crippen LogP contribution in [-0.2, 0) is 28.6 Å². The fourth-order valence-corrected chi connectivity index (χ4v) is 8.50. The van der Waals surface area contributed by atoms with Gasteiger partial charge in [0.1, 0.15) is 13.2 Å². The zero-order chi connectivity index (χ0) is 45.8. The number of hydrogen-bond donors (Lipinski definition) is 0. The summed E-state index contributed by atoms with van der Waals surface area (Å²) in [7, 11) is 0. The first kappa shape index (κ1) is 61.1. The van der Waals surface area contributed by atoms with Crippen molar-refractivity contribution in [1.29, 1.82) is 0 Å². The molecule has 6 nitrogen and oxygen atoms in total. The van der Waals surface area contributed by atoms with Crippen molar-refractivity contribution in [3.63, 3.8) is 0 Å². The van der Waals surface area contributed by atoms with Crippen LogP contribution in [0.3, 0.4) is 0 Å². The van der Waals surface area contributed by atoms with Gasteiger partial charge in [0.05, 0.1) is 0 Å². The summed E-state index contributed by atoms with van der Waals surface area (Å²) in [5, 5.41) is 0. The van der Waals surface area contributed by atoms with Crippen molar-refractivity contribution in [2.24, 2.45) is 0 Å². The summed E-state index contributed by atoms with van der Waals surface area (Å²) in [4.78, 5) is 37.4. The van der Waals surface area contributed by atoms with Crippen LogP contribution in [-0.4, -0.2) is 37.2 Å². The number of rotatable bonds is 52. The standard InChI is InChI=1S/C57H108O6/c1-4-7-10-13-16-17-18-19-20-21-22-23-24-25-26-27-28-29-30-31-32-33-34-35-36-37-38-39-40-41-42-45-47-50-56(59)62-53-54(63-57(60)51-48-44-15-12-9-6-3)52-61-55(58)49-46-43-14-11-8-5-2/h21-22,54H,4-20,23-53H2,1-3H3/b22-21-. The summed E-state index contributed by atoms with van der Waals surface area (Å²) in [6, 6.07) is 0. The largest absolute Gasteiger partial charge is 0.462 e. The van der Waals surface area contributed by atoms with Gasteiger partial charge in [-0.2, -0.15) is 0 Å². The molecule has 63 heavy (non-hydrogen) atoms. The van der Waals surface area contributed by atoms with E-state index in [1.165, 1.54) is 218 Å². The van der Waals surface area contributed by atoms with E-state index in [-0.39, 0.29) is 31.1 Å². The zero-order valence-corrected chi connectivity index (χ0v) is 42.6. The van der Waals surface area contributed by atoms with Gasteiger partial charge in [-0.05, 0) is 44.9 Å². The molecule has 0 saturated heterocycles. The topological polar surface area (TPSA) is 78.9 Å². The third-order valence-corrected chi connectivity index (χ3v) is 12.8. The lowest BCUT2D eigenvalue weighted by atomic mass is 10.0. The minimum Gasteiger partial charge on any atom is -0.462 e. The highest BCUT2D eigenvalue weighted by Crippen LogP contribution is 2.17. The monoisotopic (exact) mass is 889 g/mol. The lowest BCUT2D eigenvalue weighted by molar-refractivity contribution is -0.167. The van der Waals surface area contributed by atoms with Crippen LogP contribution in [0, 0.1) is 0 Å². The van der Waals surface area contributed by atoms with Crippen molar-refractivity contribution >= 4 is 17.9 Å². The highest BCUT2D eigenvalue weighted by Gasteiger charge is 2.19. The Morgan fingerprint density at radius 2 is 0.524 bits per heavy atom. The van der Waals surface area contributed by atoms with E-state index in [2.05, 4.69) is 32.9 Å². The Morgan fingerprint density at radius 3 is 0.794 bits per heavy atom. The third kappa shape index (κ3) is 51.0. The van der Waals surface area contributed by atoms with Crippen LogP contribution in [0.4, 0.5) is 0 Å². The SMILES string of the molecule is CCCCCCCCCC/C=C\CCCCCCCCCCCCCCCCCCCCCCCC(=O)OCC(COC(=O)CCCCCCCC)OC(=O)CCCCCCCC. The van der Waals surface area contributed by atoms with Gasteiger partial charge in [-0.3, -0.25) is 14.4 Å². The van der Waals surface area contributed by atoms with E-state index in [0.29, 0.717) is 19.3 Å². The van der Waals surface area contributed by atoms with Crippen LogP contribution in [0.25, 0.3) is 0 Å². The highest BCUT2D eigenvalue weighted by molar-refractivity contribution is 5.71. The quantitative estimate of drug-likeness (QED) is 0.0262. The molecule has 0 saturated carbocycles. The first-order valence-corrected chi connectivity index (χ1v) is 28.2. The van der Waals surface area contributed by atoms with E-state index in [1.807, 2.05) is 0 Å². The molecule has 372 valence electrons. The molecule has 6 heteroatoms. The molecule has 0 aliphatic rings. The van der Waals surface area contributed by atoms with Gasteiger partial charge in [0.15, 0.2) is 6.10 Å². The number of unbranched alkanes of at least 4 members (excludes halogenated alkanes) is 39. The summed E-state index contributed by atoms with van der Waals surface area (Å²) in [6.07, 6.45) is 60.2. The van der Waals surface area contributed by atoms with Gasteiger partial charge >= 0.3 is 17.9 Å². The molecule has 0 aromatic rings. The molecular formula is C57H108O6. The van der Waals surface area contributed by atoms with E-state index in [1.54, 1.807) is 0 Å². The van der Waals surface area contributed by atoms with E-state index >= 15 is 0 Å². The van der Waals surface area contributed by atoms with Crippen LogP contribution in [0.2, 0.25) is 0 Å². The van der Waals surface area contributed by atoms with Gasteiger partial charge in [0.2, 0.25) is 0 Å². The normalized spacial score (nSPS) is 12.0. The van der Waals surface area contributed by atoms with E-state index in [9.17, 15) is 14.4 Å². The smallest absolute Gasteiger partial charge is 0.306 e. The Kier molecular flexibility index (Phi) is 51.2. The Balaban J connectivity index is 3.72. The molecular weight excluding hydrogens is 781 g/mol. The van der Waals surface area contributed by atoms with Crippen LogP contribution in [0.15, 0.2) is 12.2 Å². The number of hydrogen-bond acceptors (Lipinski definition) is 6. The zero-order valence-electron chi connectivity index (χ0n) is 42.6. The summed E-state index contributed by atoms with van der Waals surface area (Å²) in [6.45, 7) is 6.54. The predicted octanol–water partition coefficient (Wildman–Crippen LogP) is 18.5. The molecule has 0 spiro atoms. The lowest BCUT2D eigenvalue weighted by Gasteiger charge is -2.18. The maximum Gasteiger partial charge on any atom is 0.306 e. The number of carbonyl (C=O) groups excluding carboxylic acids is 3. The molecule has 0 heterocycles. The first-order chi connectivity index (χ1) is 31.0. The maximum atomic E-state index is 12.5. The molecule has 0 aliphatic heterocycles. The van der Waals surface area contributed by atoms with E-state index in [4.69, 9.17) is 14.2 Å². The van der Waals surface area contributed by atoms with Gasteiger partial charge in [0.25, 0.3) is 0 Å². The molecule has 0 aromatic heterocycles. The second-order valence-electron chi connectivity index (χ2n) is 19.2. The molecule has 0 rings (SSSR count). The fourth-order valence-electron chi connectivity index (χ4n) is 8.50. The molecule has 0 aromatic carbocycles. The van der Waals surface area contributed by atoms with Crippen molar-refractivity contribution < 1.29 is 28.6 Å². The molecule has 0 N–H and O–H groups in total. The van der Waals surface area contributed by atoms with Crippen LogP contribution in [0.1, 0.15) is 316 Å². The number of ether oxygens (including phenoxy) is 3. The van der Waals surface area contributed by atoms with Crippen molar-refractivity contribution in [3.05, 3.63) is 12.2 Å². The summed E-state index contributed by atoms with van der Waals surface area (Å²) >= 11 is 0. The lowest BCUT2D eigenvalue weighted by Crippen LogP contribution is -2.30. The second kappa shape index (κ2) is 52.8. The maximum absolute atomic E-state index is 12.5. The average molecular weight is 889 g/mol. The van der Waals surface area contributed by atoms with Crippen LogP contribution >= 0.6 is 0 Å². The van der Waals surface area contributed by atoms with Gasteiger partial charge in [-0.15, -0.1) is 0 Å². The fraction of sp³-hybridized carbons (Fsp3) is 0.912. The van der Waals surface area contributed by atoms with Gasteiger partial charge in [-0.1, -0.05) is 264 Å². The summed E-state index contributed by atoms with van der Waals surface area (Å²) in [5.74, 6) is -0.873. The molecule has 0 aliphatic carbocycles. The molecule has 0 fully saturated rings. The van der Waals surface area contributed by atoms with Crippen LogP contribution in [0.5, 0.6) is 0 Å². The molecule has 0 amide bonds. The number of carbonyl (C=O) groups is 3. The van der Waals surface area contributed by atoms with Gasteiger partial charge in [0, 0.05) is 19.3 Å². The summed E-state index contributed by atoms with van der Waals surface area (Å²) in [5.41, 5.74) is 0. The van der Waals surface area contributed by atoms with Crippen molar-refractivity contribution in [2.45, 2.75) is 322 Å². The van der Waals surface area contributed by atoms with E-state index in [0.717, 1.165) is 57.8 Å². The van der Waals surface area contributed by atoms with Gasteiger partial charge in [-0.25, -0.2) is 0 Å². The Hall–Kier alpha value is -1.85. The van der Waals surface area contributed by atoms with Crippen molar-refractivity contribution in [1.82, 2.24) is 0 Å². The van der Waals surface area contributed by atoms with Crippen molar-refractivity contribution in [3.8, 4) is 0 Å². The highest BCUT2D eigenvalue weighted by atomic mass is 16.6. The van der Waals surface area contributed by atoms with E-state index < -0.39 is 6.10 Å². The molecule has 1 unspecified atom stereocenters. The Bertz CT molecular complexity index is 978. The minimum absolute atomic E-state index is 0.0658. The number of esters is 3. The van der Waals surface area contributed by atoms with Gasteiger partial charge < -0.3 is 14.2 Å². The minimum atomic E-state index is -0.758. The predicted molar refractivity (Wildman–Crippen MR) is 270 cm³/mol.